The number of aliphatic carboxylic acids is 1. The number of likely N-dealkylation sites (tertiary alicyclic amines) is 1. The minimum atomic E-state index is -4.36. The predicted molar refractivity (Wildman–Crippen MR) is 101 cm³/mol. The standard InChI is InChI=1S/C22H21F3N2O2/c23-22(24,25)20-7-3-16(4-8-20)12-27-13-17(10-21(28)29)9-19(14-27)18-5-1-15(11-26)2-6-18/h1-8,17,19H,9-10,12-14H2,(H,28,29)/t17-,19+/m1/s1. The smallest absolute Gasteiger partial charge is 0.416 e. The fourth-order valence-electron chi connectivity index (χ4n) is 3.96. The van der Waals surface area contributed by atoms with E-state index in [4.69, 9.17) is 5.26 Å². The molecule has 7 heteroatoms. The average molecular weight is 402 g/mol. The molecule has 4 nitrogen and oxygen atoms in total. The minimum absolute atomic E-state index is 0.0451. The maximum atomic E-state index is 12.8. The van der Waals surface area contributed by atoms with E-state index in [0.29, 0.717) is 25.2 Å². The number of nitriles is 1. The fourth-order valence-corrected chi connectivity index (χ4v) is 3.96. The SMILES string of the molecule is N#Cc1ccc([C@H]2C[C@H](CC(=O)O)CN(Cc3ccc(C(F)(F)F)cc3)C2)cc1. The fraction of sp³-hybridized carbons (Fsp3) is 0.364. The molecule has 3 rings (SSSR count). The van der Waals surface area contributed by atoms with Gasteiger partial charge in [-0.25, -0.2) is 0 Å². The van der Waals surface area contributed by atoms with E-state index in [1.54, 1.807) is 12.1 Å². The maximum Gasteiger partial charge on any atom is 0.416 e. The van der Waals surface area contributed by atoms with Crippen molar-refractivity contribution < 1.29 is 23.1 Å². The lowest BCUT2D eigenvalue weighted by Crippen LogP contribution is -2.39. The number of hydrogen-bond donors (Lipinski definition) is 1. The molecule has 2 aromatic carbocycles. The summed E-state index contributed by atoms with van der Waals surface area (Å²) in [5, 5.41) is 18.2. The maximum absolute atomic E-state index is 12.8. The molecule has 0 radical (unpaired) electrons. The molecule has 0 spiro atoms. The molecule has 152 valence electrons. The molecule has 0 saturated carbocycles. The van der Waals surface area contributed by atoms with Gasteiger partial charge in [0.05, 0.1) is 17.2 Å². The zero-order valence-electron chi connectivity index (χ0n) is 15.7. The summed E-state index contributed by atoms with van der Waals surface area (Å²) in [4.78, 5) is 13.3. The van der Waals surface area contributed by atoms with Gasteiger partial charge in [0.25, 0.3) is 0 Å². The molecular formula is C22H21F3N2O2. The molecule has 2 atom stereocenters. The zero-order chi connectivity index (χ0) is 21.0. The van der Waals surface area contributed by atoms with E-state index in [1.165, 1.54) is 12.1 Å². The largest absolute Gasteiger partial charge is 0.481 e. The number of hydrogen-bond acceptors (Lipinski definition) is 3. The molecule has 1 fully saturated rings. The molecular weight excluding hydrogens is 381 g/mol. The van der Waals surface area contributed by atoms with Gasteiger partial charge in [-0.15, -0.1) is 0 Å². The van der Waals surface area contributed by atoms with Crippen LogP contribution in [0.4, 0.5) is 13.2 Å². The molecule has 1 saturated heterocycles. The molecule has 2 aromatic rings. The van der Waals surface area contributed by atoms with Crippen LogP contribution in [0.2, 0.25) is 0 Å². The van der Waals surface area contributed by atoms with E-state index in [0.717, 1.165) is 29.7 Å². The first-order chi connectivity index (χ1) is 13.7. The van der Waals surface area contributed by atoms with E-state index in [9.17, 15) is 23.1 Å². The van der Waals surface area contributed by atoms with Gasteiger partial charge in [-0.05, 0) is 53.6 Å². The molecule has 0 amide bonds. The molecule has 29 heavy (non-hydrogen) atoms. The van der Waals surface area contributed by atoms with Crippen molar-refractivity contribution in [3.8, 4) is 6.07 Å². The van der Waals surface area contributed by atoms with E-state index in [-0.39, 0.29) is 18.3 Å². The highest BCUT2D eigenvalue weighted by Gasteiger charge is 2.31. The Balaban J connectivity index is 1.75. The van der Waals surface area contributed by atoms with Gasteiger partial charge in [0.2, 0.25) is 0 Å². The molecule has 1 N–H and O–H groups in total. The number of carboxylic acids is 1. The van der Waals surface area contributed by atoms with Crippen molar-refractivity contribution in [3.63, 3.8) is 0 Å². The molecule has 0 bridgehead atoms. The van der Waals surface area contributed by atoms with E-state index in [2.05, 4.69) is 11.0 Å². The molecule has 1 heterocycles. The van der Waals surface area contributed by atoms with Gasteiger partial charge in [-0.1, -0.05) is 24.3 Å². The molecule has 0 aromatic heterocycles. The van der Waals surface area contributed by atoms with E-state index >= 15 is 0 Å². The number of halogens is 3. The van der Waals surface area contributed by atoms with Crippen molar-refractivity contribution in [3.05, 3.63) is 70.8 Å². The van der Waals surface area contributed by atoms with Crippen LogP contribution in [-0.4, -0.2) is 29.1 Å². The van der Waals surface area contributed by atoms with Gasteiger partial charge in [-0.2, -0.15) is 18.4 Å². The number of rotatable bonds is 5. The van der Waals surface area contributed by atoms with Crippen LogP contribution in [0.1, 0.15) is 41.0 Å². The highest BCUT2D eigenvalue weighted by molar-refractivity contribution is 5.67. The zero-order valence-corrected chi connectivity index (χ0v) is 15.7. The highest BCUT2D eigenvalue weighted by atomic mass is 19.4. The van der Waals surface area contributed by atoms with Gasteiger partial charge >= 0.3 is 12.1 Å². The predicted octanol–water partition coefficient (Wildman–Crippen LogP) is 4.66. The summed E-state index contributed by atoms with van der Waals surface area (Å²) in [5.41, 5.74) is 1.68. The normalized spacial score (nSPS) is 20.2. The molecule has 1 aliphatic heterocycles. The summed E-state index contributed by atoms with van der Waals surface area (Å²) < 4.78 is 38.3. The van der Waals surface area contributed by atoms with Crippen molar-refractivity contribution in [2.45, 2.75) is 31.5 Å². The topological polar surface area (TPSA) is 64.3 Å². The second kappa shape index (κ2) is 8.66. The van der Waals surface area contributed by atoms with Crippen molar-refractivity contribution in [2.75, 3.05) is 13.1 Å². The Bertz CT molecular complexity index is 886. The van der Waals surface area contributed by atoms with Crippen LogP contribution in [-0.2, 0) is 17.5 Å². The van der Waals surface area contributed by atoms with Gasteiger partial charge in [-0.3, -0.25) is 9.69 Å². The van der Waals surface area contributed by atoms with Crippen LogP contribution in [0.25, 0.3) is 0 Å². The monoisotopic (exact) mass is 402 g/mol. The second-order valence-electron chi connectivity index (χ2n) is 7.52. The van der Waals surface area contributed by atoms with Gasteiger partial charge < -0.3 is 5.11 Å². The number of carboxylic acid groups (broad SMARTS) is 1. The summed E-state index contributed by atoms with van der Waals surface area (Å²) in [5.74, 6) is -0.795. The quantitative estimate of drug-likeness (QED) is 0.790. The second-order valence-corrected chi connectivity index (χ2v) is 7.52. The van der Waals surface area contributed by atoms with Crippen molar-refractivity contribution in [1.82, 2.24) is 4.90 Å². The lowest BCUT2D eigenvalue weighted by molar-refractivity contribution is -0.139. The molecule has 0 unspecified atom stereocenters. The van der Waals surface area contributed by atoms with Gasteiger partial charge in [0.1, 0.15) is 0 Å². The first kappa shape index (κ1) is 20.9. The van der Waals surface area contributed by atoms with Crippen LogP contribution >= 0.6 is 0 Å². The third-order valence-corrected chi connectivity index (χ3v) is 5.27. The number of piperidine rings is 1. The van der Waals surface area contributed by atoms with Crippen LogP contribution in [0.3, 0.4) is 0 Å². The van der Waals surface area contributed by atoms with Crippen LogP contribution in [0, 0.1) is 17.2 Å². The lowest BCUT2D eigenvalue weighted by Gasteiger charge is -2.37. The summed E-state index contributed by atoms with van der Waals surface area (Å²) >= 11 is 0. The highest BCUT2D eigenvalue weighted by Crippen LogP contribution is 2.33. The first-order valence-corrected chi connectivity index (χ1v) is 9.35. The number of benzene rings is 2. The van der Waals surface area contributed by atoms with Gasteiger partial charge in [0.15, 0.2) is 0 Å². The minimum Gasteiger partial charge on any atom is -0.481 e. The van der Waals surface area contributed by atoms with Gasteiger partial charge in [0, 0.05) is 26.1 Å². The van der Waals surface area contributed by atoms with E-state index < -0.39 is 17.7 Å². The Labute approximate surface area is 167 Å². The number of carbonyl (C=O) groups is 1. The molecule has 1 aliphatic rings. The van der Waals surface area contributed by atoms with Crippen molar-refractivity contribution in [2.24, 2.45) is 5.92 Å². The Kier molecular flexibility index (Phi) is 6.23. The summed E-state index contributed by atoms with van der Waals surface area (Å²) in [7, 11) is 0. The Morgan fingerprint density at radius 3 is 2.31 bits per heavy atom. The Morgan fingerprint density at radius 2 is 1.76 bits per heavy atom. The van der Waals surface area contributed by atoms with Crippen LogP contribution in [0.5, 0.6) is 0 Å². The van der Waals surface area contributed by atoms with Crippen molar-refractivity contribution in [1.29, 1.82) is 5.26 Å². The Hall–Kier alpha value is -2.85. The van der Waals surface area contributed by atoms with Crippen LogP contribution in [0.15, 0.2) is 48.5 Å². The first-order valence-electron chi connectivity index (χ1n) is 9.35. The van der Waals surface area contributed by atoms with Crippen LogP contribution < -0.4 is 0 Å². The van der Waals surface area contributed by atoms with Crippen molar-refractivity contribution >= 4 is 5.97 Å². The Morgan fingerprint density at radius 1 is 1.10 bits per heavy atom. The molecule has 0 aliphatic carbocycles. The lowest BCUT2D eigenvalue weighted by atomic mass is 9.82. The third kappa shape index (κ3) is 5.58. The number of nitrogens with zero attached hydrogens (tertiary/aromatic N) is 2. The average Bonchev–Trinajstić information content (AvgIpc) is 2.67. The summed E-state index contributed by atoms with van der Waals surface area (Å²) in [6, 6.07) is 14.5. The third-order valence-electron chi connectivity index (χ3n) is 5.27. The summed E-state index contributed by atoms with van der Waals surface area (Å²) in [6.07, 6.45) is -3.59. The number of alkyl halides is 3. The van der Waals surface area contributed by atoms with E-state index in [1.807, 2.05) is 12.1 Å². The summed E-state index contributed by atoms with van der Waals surface area (Å²) in [6.45, 7) is 1.73.